The smallest absolute Gasteiger partial charge is 0.343 e. The van der Waals surface area contributed by atoms with Crippen molar-refractivity contribution in [1.29, 1.82) is 0 Å². The molecule has 2 aromatic rings. The van der Waals surface area contributed by atoms with E-state index >= 15 is 0 Å². The summed E-state index contributed by atoms with van der Waals surface area (Å²) in [7, 11) is 0. The number of esters is 1. The highest BCUT2D eigenvalue weighted by atomic mass is 79.9. The molecule has 1 aliphatic carbocycles. The number of nitrogens with one attached hydrogen (secondary N) is 1. The zero-order valence-electron chi connectivity index (χ0n) is 19.2. The zero-order chi connectivity index (χ0) is 22.2. The molecular formula is C27H36BrNO4. The second-order valence-corrected chi connectivity index (χ2v) is 9.19. The van der Waals surface area contributed by atoms with Gasteiger partial charge in [-0.3, -0.25) is 0 Å². The maximum absolute atomic E-state index is 13.4. The summed E-state index contributed by atoms with van der Waals surface area (Å²) in [5.41, 5.74) is -0.986. The molecule has 2 aromatic carbocycles. The molecule has 1 aliphatic heterocycles. The first kappa shape index (κ1) is 25.7. The van der Waals surface area contributed by atoms with Crippen molar-refractivity contribution in [3.63, 3.8) is 0 Å². The standard InChI is InChI=1S/C27H35NO4.BrH/c29-26(27(30,23-11-7-8-12-23)22-9-3-1-4-10-22)31-20-25(19-21-15-17-28-18-16-21)32-24-13-5-2-6-14-24;/h1-6,9-10,13-14,21,23,25,28,30H,7-8,11-12,15-20H2;1H/t25?,27-;/m0./s1. The van der Waals surface area contributed by atoms with Gasteiger partial charge in [0.25, 0.3) is 0 Å². The lowest BCUT2D eigenvalue weighted by Gasteiger charge is -2.33. The lowest BCUT2D eigenvalue weighted by atomic mass is 9.80. The molecule has 33 heavy (non-hydrogen) atoms. The van der Waals surface area contributed by atoms with Gasteiger partial charge in [0, 0.05) is 5.92 Å². The molecule has 2 fully saturated rings. The van der Waals surface area contributed by atoms with Crippen LogP contribution in [0.25, 0.3) is 0 Å². The van der Waals surface area contributed by atoms with E-state index in [4.69, 9.17) is 9.47 Å². The molecule has 2 atom stereocenters. The van der Waals surface area contributed by atoms with Crippen LogP contribution in [0.15, 0.2) is 60.7 Å². The van der Waals surface area contributed by atoms with E-state index < -0.39 is 11.6 Å². The van der Waals surface area contributed by atoms with Gasteiger partial charge in [-0.2, -0.15) is 0 Å². The van der Waals surface area contributed by atoms with Crippen molar-refractivity contribution < 1.29 is 19.4 Å². The van der Waals surface area contributed by atoms with E-state index in [1.54, 1.807) is 0 Å². The number of para-hydroxylation sites is 1. The Kier molecular flexibility index (Phi) is 9.78. The van der Waals surface area contributed by atoms with Crippen LogP contribution >= 0.6 is 17.0 Å². The second-order valence-electron chi connectivity index (χ2n) is 9.19. The largest absolute Gasteiger partial charge is 0.487 e. The summed E-state index contributed by atoms with van der Waals surface area (Å²) in [6, 6.07) is 19.0. The number of rotatable bonds is 9. The molecule has 0 bridgehead atoms. The lowest BCUT2D eigenvalue weighted by Crippen LogP contribution is -2.44. The van der Waals surface area contributed by atoms with Gasteiger partial charge in [-0.25, -0.2) is 4.79 Å². The van der Waals surface area contributed by atoms with Gasteiger partial charge in [0.2, 0.25) is 0 Å². The Hall–Kier alpha value is -1.89. The first-order valence-electron chi connectivity index (χ1n) is 12.0. The maximum Gasteiger partial charge on any atom is 0.343 e. The summed E-state index contributed by atoms with van der Waals surface area (Å²) in [4.78, 5) is 13.4. The number of hydrogen-bond acceptors (Lipinski definition) is 5. The molecule has 4 rings (SSSR count). The predicted molar refractivity (Wildman–Crippen MR) is 135 cm³/mol. The van der Waals surface area contributed by atoms with Crippen molar-refractivity contribution in [2.24, 2.45) is 11.8 Å². The first-order chi connectivity index (χ1) is 15.7. The maximum atomic E-state index is 13.4. The number of ether oxygens (including phenoxy) is 2. The molecule has 2 N–H and O–H groups in total. The minimum atomic E-state index is -1.61. The van der Waals surface area contributed by atoms with Gasteiger partial charge >= 0.3 is 5.97 Å². The summed E-state index contributed by atoms with van der Waals surface area (Å²) in [5.74, 6) is 0.640. The Bertz CT molecular complexity index is 838. The molecule has 180 valence electrons. The minimum Gasteiger partial charge on any atom is -0.487 e. The van der Waals surface area contributed by atoms with Crippen LogP contribution in [0, 0.1) is 11.8 Å². The lowest BCUT2D eigenvalue weighted by molar-refractivity contribution is -0.176. The van der Waals surface area contributed by atoms with E-state index in [-0.39, 0.29) is 35.6 Å². The SMILES string of the molecule is Br.O=C(OCC(CC1CCNCC1)Oc1ccccc1)[C@](O)(c1ccccc1)C1CCCC1. The Labute approximate surface area is 207 Å². The third kappa shape index (κ3) is 6.58. The molecule has 6 heteroatoms. The number of benzene rings is 2. The van der Waals surface area contributed by atoms with Crippen molar-refractivity contribution >= 4 is 23.0 Å². The van der Waals surface area contributed by atoms with E-state index in [2.05, 4.69) is 5.32 Å². The molecular weight excluding hydrogens is 482 g/mol. The average molecular weight is 518 g/mol. The highest BCUT2D eigenvalue weighted by Crippen LogP contribution is 2.41. The van der Waals surface area contributed by atoms with Crippen molar-refractivity contribution in [2.75, 3.05) is 19.7 Å². The van der Waals surface area contributed by atoms with Crippen LogP contribution in [0.5, 0.6) is 5.75 Å². The first-order valence-corrected chi connectivity index (χ1v) is 12.0. The summed E-state index contributed by atoms with van der Waals surface area (Å²) in [6.45, 7) is 2.16. The fourth-order valence-electron chi connectivity index (χ4n) is 5.17. The number of hydrogen-bond donors (Lipinski definition) is 2. The number of piperidine rings is 1. The molecule has 1 saturated heterocycles. The van der Waals surface area contributed by atoms with Gasteiger partial charge in [0.1, 0.15) is 18.5 Å². The van der Waals surface area contributed by atoms with E-state index in [1.807, 2.05) is 60.7 Å². The van der Waals surface area contributed by atoms with Crippen molar-refractivity contribution in [3.8, 4) is 5.75 Å². The van der Waals surface area contributed by atoms with Gasteiger partial charge in [-0.15, -0.1) is 17.0 Å². The van der Waals surface area contributed by atoms with Crippen LogP contribution in [0.2, 0.25) is 0 Å². The van der Waals surface area contributed by atoms with E-state index in [0.717, 1.165) is 63.8 Å². The number of halogens is 1. The fourth-order valence-corrected chi connectivity index (χ4v) is 5.17. The quantitative estimate of drug-likeness (QED) is 0.457. The molecule has 5 nitrogen and oxygen atoms in total. The van der Waals surface area contributed by atoms with Crippen LogP contribution in [-0.2, 0) is 15.1 Å². The Morgan fingerprint density at radius 2 is 1.58 bits per heavy atom. The number of carbonyl (C=O) groups is 1. The number of carbonyl (C=O) groups excluding carboxylic acids is 1. The topological polar surface area (TPSA) is 67.8 Å². The monoisotopic (exact) mass is 517 g/mol. The fraction of sp³-hybridized carbons (Fsp3) is 0.519. The Morgan fingerprint density at radius 3 is 2.21 bits per heavy atom. The molecule has 1 heterocycles. The zero-order valence-corrected chi connectivity index (χ0v) is 20.9. The summed E-state index contributed by atoms with van der Waals surface area (Å²) in [6.07, 6.45) is 6.51. The van der Waals surface area contributed by atoms with Crippen molar-refractivity contribution in [3.05, 3.63) is 66.2 Å². The van der Waals surface area contributed by atoms with Gasteiger partial charge in [0.05, 0.1) is 0 Å². The van der Waals surface area contributed by atoms with Crippen molar-refractivity contribution in [2.45, 2.75) is 56.7 Å². The van der Waals surface area contributed by atoms with E-state index in [9.17, 15) is 9.90 Å². The normalized spacial score (nSPS) is 19.8. The molecule has 0 radical (unpaired) electrons. The van der Waals surface area contributed by atoms with Crippen LogP contribution in [0.1, 0.15) is 50.5 Å². The highest BCUT2D eigenvalue weighted by Gasteiger charge is 2.48. The van der Waals surface area contributed by atoms with Gasteiger partial charge in [0.15, 0.2) is 5.60 Å². The average Bonchev–Trinajstić information content (AvgIpc) is 3.39. The van der Waals surface area contributed by atoms with Gasteiger partial charge in [-0.05, 0) is 68.8 Å². The second kappa shape index (κ2) is 12.5. The summed E-state index contributed by atoms with van der Waals surface area (Å²) in [5, 5.41) is 15.0. The van der Waals surface area contributed by atoms with Crippen LogP contribution in [0.3, 0.4) is 0 Å². The number of aliphatic hydroxyl groups is 1. The Balaban J connectivity index is 0.00000306. The van der Waals surface area contributed by atoms with Gasteiger partial charge < -0.3 is 19.9 Å². The van der Waals surface area contributed by atoms with Gasteiger partial charge in [-0.1, -0.05) is 61.4 Å². The van der Waals surface area contributed by atoms with Crippen LogP contribution in [-0.4, -0.2) is 36.9 Å². The molecule has 1 saturated carbocycles. The highest BCUT2D eigenvalue weighted by molar-refractivity contribution is 8.93. The molecule has 2 aliphatic rings. The molecule has 0 aromatic heterocycles. The van der Waals surface area contributed by atoms with Crippen LogP contribution < -0.4 is 10.1 Å². The summed E-state index contributed by atoms with van der Waals surface area (Å²) >= 11 is 0. The Morgan fingerprint density at radius 1 is 0.970 bits per heavy atom. The molecule has 0 spiro atoms. The molecule has 0 amide bonds. The van der Waals surface area contributed by atoms with Crippen molar-refractivity contribution in [1.82, 2.24) is 5.32 Å². The van der Waals surface area contributed by atoms with E-state index in [1.165, 1.54) is 0 Å². The molecule has 1 unspecified atom stereocenters. The van der Waals surface area contributed by atoms with E-state index in [0.29, 0.717) is 11.5 Å². The third-order valence-corrected chi connectivity index (χ3v) is 6.97. The van der Waals surface area contributed by atoms with Crippen LogP contribution in [0.4, 0.5) is 0 Å². The summed E-state index contributed by atoms with van der Waals surface area (Å²) < 4.78 is 12.1. The third-order valence-electron chi connectivity index (χ3n) is 6.97. The predicted octanol–water partition coefficient (Wildman–Crippen LogP) is 5.02. The minimum absolute atomic E-state index is 0.